The number of nitrogens with zero attached hydrogens (tertiary/aromatic N) is 2. The van der Waals surface area contributed by atoms with Gasteiger partial charge in [0.2, 0.25) is 0 Å². The van der Waals surface area contributed by atoms with Crippen LogP contribution in [-0.2, 0) is 6.54 Å². The third kappa shape index (κ3) is 2.92. The van der Waals surface area contributed by atoms with Gasteiger partial charge >= 0.3 is 0 Å². The molecule has 1 unspecified atom stereocenters. The topological polar surface area (TPSA) is 55.9 Å². The van der Waals surface area contributed by atoms with Crippen molar-refractivity contribution in [2.45, 2.75) is 32.9 Å². The van der Waals surface area contributed by atoms with E-state index in [4.69, 9.17) is 5.84 Å². The van der Waals surface area contributed by atoms with Gasteiger partial charge in [0.15, 0.2) is 0 Å². The smallest absolute Gasteiger partial charge is 0.126 e. The molecule has 0 aliphatic rings. The molecular formula is C14H18BrFN4. The van der Waals surface area contributed by atoms with E-state index in [2.05, 4.69) is 33.4 Å². The highest BCUT2D eigenvalue weighted by atomic mass is 79.9. The summed E-state index contributed by atoms with van der Waals surface area (Å²) in [7, 11) is 0. The third-order valence-corrected chi connectivity index (χ3v) is 3.84. The van der Waals surface area contributed by atoms with Crippen molar-refractivity contribution in [1.82, 2.24) is 15.2 Å². The first-order chi connectivity index (χ1) is 9.58. The molecule has 1 aromatic carbocycles. The van der Waals surface area contributed by atoms with Crippen molar-refractivity contribution in [3.63, 3.8) is 0 Å². The van der Waals surface area contributed by atoms with Crippen molar-refractivity contribution in [2.75, 3.05) is 0 Å². The summed E-state index contributed by atoms with van der Waals surface area (Å²) in [5.74, 6) is 5.50. The molecule has 20 heavy (non-hydrogen) atoms. The standard InChI is InChI=1S/C14H18BrFN4/c1-3-6-20-14(11(15)8-18-20)13(19-17)10-4-5-12(16)9(2)7-10/h4-5,7-8,13,19H,3,6,17H2,1-2H3. The number of halogens is 2. The minimum Gasteiger partial charge on any atom is -0.271 e. The lowest BCUT2D eigenvalue weighted by Crippen LogP contribution is -2.31. The van der Waals surface area contributed by atoms with E-state index in [9.17, 15) is 4.39 Å². The fourth-order valence-electron chi connectivity index (χ4n) is 2.23. The van der Waals surface area contributed by atoms with Crippen molar-refractivity contribution >= 4 is 15.9 Å². The summed E-state index contributed by atoms with van der Waals surface area (Å²) in [6, 6.07) is 4.76. The molecule has 0 radical (unpaired) electrons. The zero-order valence-corrected chi connectivity index (χ0v) is 13.1. The molecule has 4 nitrogen and oxygen atoms in total. The van der Waals surface area contributed by atoms with Gasteiger partial charge in [0, 0.05) is 6.54 Å². The first-order valence-electron chi connectivity index (χ1n) is 6.51. The summed E-state index contributed by atoms with van der Waals surface area (Å²) in [5.41, 5.74) is 5.24. The van der Waals surface area contributed by atoms with Crippen LogP contribution in [0, 0.1) is 12.7 Å². The Hall–Kier alpha value is -1.24. The maximum Gasteiger partial charge on any atom is 0.126 e. The number of aromatic nitrogens is 2. The monoisotopic (exact) mass is 340 g/mol. The highest BCUT2D eigenvalue weighted by molar-refractivity contribution is 9.10. The van der Waals surface area contributed by atoms with Crippen molar-refractivity contribution in [3.8, 4) is 0 Å². The number of hydrogen-bond acceptors (Lipinski definition) is 3. The normalized spacial score (nSPS) is 12.7. The molecule has 0 aliphatic carbocycles. The van der Waals surface area contributed by atoms with E-state index in [0.29, 0.717) is 5.56 Å². The molecule has 2 rings (SSSR count). The fraction of sp³-hybridized carbons (Fsp3) is 0.357. The van der Waals surface area contributed by atoms with E-state index in [0.717, 1.165) is 28.7 Å². The second-order valence-electron chi connectivity index (χ2n) is 4.71. The van der Waals surface area contributed by atoms with Crippen LogP contribution in [0.5, 0.6) is 0 Å². The Balaban J connectivity index is 2.46. The van der Waals surface area contributed by atoms with E-state index in [-0.39, 0.29) is 11.9 Å². The molecule has 1 heterocycles. The van der Waals surface area contributed by atoms with Gasteiger partial charge in [-0.15, -0.1) is 0 Å². The van der Waals surface area contributed by atoms with Crippen molar-refractivity contribution in [2.24, 2.45) is 5.84 Å². The summed E-state index contributed by atoms with van der Waals surface area (Å²) < 4.78 is 16.2. The quantitative estimate of drug-likeness (QED) is 0.649. The van der Waals surface area contributed by atoms with Crippen molar-refractivity contribution < 1.29 is 4.39 Å². The Morgan fingerprint density at radius 1 is 1.50 bits per heavy atom. The molecule has 0 spiro atoms. The van der Waals surface area contributed by atoms with Gasteiger partial charge in [-0.05, 0) is 46.5 Å². The van der Waals surface area contributed by atoms with Crippen LogP contribution < -0.4 is 11.3 Å². The zero-order chi connectivity index (χ0) is 14.7. The van der Waals surface area contributed by atoms with Gasteiger partial charge < -0.3 is 0 Å². The van der Waals surface area contributed by atoms with Crippen LogP contribution in [0.3, 0.4) is 0 Å². The third-order valence-electron chi connectivity index (χ3n) is 3.22. The van der Waals surface area contributed by atoms with Gasteiger partial charge in [-0.3, -0.25) is 10.5 Å². The molecule has 108 valence electrons. The molecule has 1 aromatic heterocycles. The van der Waals surface area contributed by atoms with E-state index in [1.165, 1.54) is 6.07 Å². The highest BCUT2D eigenvalue weighted by Gasteiger charge is 2.21. The number of benzene rings is 1. The van der Waals surface area contributed by atoms with E-state index < -0.39 is 0 Å². The maximum absolute atomic E-state index is 13.4. The Morgan fingerprint density at radius 3 is 2.85 bits per heavy atom. The number of aryl methyl sites for hydroxylation is 2. The zero-order valence-electron chi connectivity index (χ0n) is 11.5. The van der Waals surface area contributed by atoms with E-state index in [1.54, 1.807) is 25.3 Å². The number of rotatable bonds is 5. The lowest BCUT2D eigenvalue weighted by atomic mass is 10.0. The summed E-state index contributed by atoms with van der Waals surface area (Å²) >= 11 is 3.51. The number of nitrogens with one attached hydrogen (secondary N) is 1. The Kier molecular flexibility index (Phi) is 4.91. The predicted octanol–water partition coefficient (Wildman–Crippen LogP) is 3.06. The summed E-state index contributed by atoms with van der Waals surface area (Å²) in [6.07, 6.45) is 2.73. The minimum atomic E-state index is -0.238. The van der Waals surface area contributed by atoms with Gasteiger partial charge in [0.05, 0.1) is 22.4 Å². The van der Waals surface area contributed by atoms with Crippen LogP contribution in [0.25, 0.3) is 0 Å². The second-order valence-corrected chi connectivity index (χ2v) is 5.56. The van der Waals surface area contributed by atoms with Gasteiger partial charge in [-0.25, -0.2) is 9.82 Å². The molecule has 0 bridgehead atoms. The average molecular weight is 341 g/mol. The molecule has 0 fully saturated rings. The summed E-state index contributed by atoms with van der Waals surface area (Å²) in [4.78, 5) is 0. The molecule has 0 saturated carbocycles. The first-order valence-corrected chi connectivity index (χ1v) is 7.31. The van der Waals surface area contributed by atoms with Crippen LogP contribution in [0.4, 0.5) is 4.39 Å². The second kappa shape index (κ2) is 6.47. The molecule has 3 N–H and O–H groups in total. The Bertz CT molecular complexity index is 597. The van der Waals surface area contributed by atoms with Crippen LogP contribution in [0.2, 0.25) is 0 Å². The fourth-order valence-corrected chi connectivity index (χ4v) is 2.75. The Labute approximate surface area is 126 Å². The largest absolute Gasteiger partial charge is 0.271 e. The van der Waals surface area contributed by atoms with E-state index >= 15 is 0 Å². The first kappa shape index (κ1) is 15.2. The van der Waals surface area contributed by atoms with Gasteiger partial charge in [0.25, 0.3) is 0 Å². The van der Waals surface area contributed by atoms with Crippen LogP contribution in [0.15, 0.2) is 28.9 Å². The molecule has 2 aromatic rings. The lowest BCUT2D eigenvalue weighted by Gasteiger charge is -2.19. The number of hydrazine groups is 1. The molecule has 0 amide bonds. The van der Waals surface area contributed by atoms with Crippen LogP contribution in [-0.4, -0.2) is 9.78 Å². The summed E-state index contributed by atoms with van der Waals surface area (Å²) in [6.45, 7) is 4.64. The van der Waals surface area contributed by atoms with Gasteiger partial charge in [0.1, 0.15) is 5.82 Å². The van der Waals surface area contributed by atoms with Gasteiger partial charge in [-0.2, -0.15) is 5.10 Å². The SMILES string of the molecule is CCCn1ncc(Br)c1C(NN)c1ccc(F)c(C)c1. The Morgan fingerprint density at radius 2 is 2.25 bits per heavy atom. The van der Waals surface area contributed by atoms with Crippen molar-refractivity contribution in [1.29, 1.82) is 0 Å². The molecule has 0 aliphatic heterocycles. The van der Waals surface area contributed by atoms with Gasteiger partial charge in [-0.1, -0.05) is 19.1 Å². The molecule has 0 saturated heterocycles. The predicted molar refractivity (Wildman–Crippen MR) is 80.5 cm³/mol. The summed E-state index contributed by atoms with van der Waals surface area (Å²) in [5, 5.41) is 4.34. The van der Waals surface area contributed by atoms with Crippen molar-refractivity contribution in [3.05, 3.63) is 51.5 Å². The molecule has 6 heteroatoms. The number of hydrogen-bond donors (Lipinski definition) is 2. The number of nitrogens with two attached hydrogens (primary N) is 1. The highest BCUT2D eigenvalue weighted by Crippen LogP contribution is 2.29. The molecule has 1 atom stereocenters. The van der Waals surface area contributed by atoms with Crippen LogP contribution in [0.1, 0.15) is 36.2 Å². The van der Waals surface area contributed by atoms with E-state index in [1.807, 2.05) is 4.68 Å². The minimum absolute atomic E-state index is 0.217. The maximum atomic E-state index is 13.4. The lowest BCUT2D eigenvalue weighted by molar-refractivity contribution is 0.518. The van der Waals surface area contributed by atoms with Crippen LogP contribution >= 0.6 is 15.9 Å². The average Bonchev–Trinajstić information content (AvgIpc) is 2.77. The molecular weight excluding hydrogens is 323 g/mol.